The minimum atomic E-state index is -1.30. The Labute approximate surface area is 143 Å². The first-order valence-electron chi connectivity index (χ1n) is 8.65. The quantitative estimate of drug-likeness (QED) is 0.668. The molecule has 1 aromatic heterocycles. The van der Waals surface area contributed by atoms with Gasteiger partial charge in [-0.1, -0.05) is 103 Å². The Bertz CT molecular complexity index is 509. The first-order valence-corrected chi connectivity index (χ1v) is 17.2. The maximum Gasteiger partial charge on any atom is 0.0722 e. The van der Waals surface area contributed by atoms with E-state index in [0.29, 0.717) is 5.04 Å². The molecule has 0 fully saturated rings. The van der Waals surface area contributed by atoms with E-state index in [4.69, 9.17) is 0 Å². The second kappa shape index (κ2) is 5.82. The summed E-state index contributed by atoms with van der Waals surface area (Å²) in [4.78, 5) is 3.74. The molecule has 0 radical (unpaired) electrons. The summed E-state index contributed by atoms with van der Waals surface area (Å²) in [5, 5.41) is 0.409. The minimum absolute atomic E-state index is 0.251. The van der Waals surface area contributed by atoms with Gasteiger partial charge in [0.05, 0.1) is 16.1 Å². The molecular weight excluding hydrogens is 312 g/mol. The third-order valence-corrected chi connectivity index (χ3v) is 16.8. The monoisotopic (exact) mass is 350 g/mol. The van der Waals surface area contributed by atoms with Crippen LogP contribution in [0.15, 0.2) is 12.1 Å². The van der Waals surface area contributed by atoms with Crippen LogP contribution in [0.1, 0.15) is 47.1 Å². The summed E-state index contributed by atoms with van der Waals surface area (Å²) in [6.07, 6.45) is 0. The molecule has 0 bridgehead atoms. The minimum Gasteiger partial charge on any atom is -0.0738 e. The van der Waals surface area contributed by atoms with E-state index in [1.165, 1.54) is 0 Å². The fourth-order valence-corrected chi connectivity index (χ4v) is 16.2. The van der Waals surface area contributed by atoms with Crippen molar-refractivity contribution in [2.45, 2.75) is 91.3 Å². The summed E-state index contributed by atoms with van der Waals surface area (Å²) < 4.78 is 0. The van der Waals surface area contributed by atoms with Crippen LogP contribution in [0.4, 0.5) is 0 Å². The molecule has 3 heteroatoms. The molecule has 0 aliphatic carbocycles. The van der Waals surface area contributed by atoms with Gasteiger partial charge in [0.2, 0.25) is 0 Å². The zero-order valence-electron chi connectivity index (χ0n) is 17.2. The molecule has 0 spiro atoms. The van der Waals surface area contributed by atoms with Crippen LogP contribution in [0.25, 0.3) is 0 Å². The standard InChI is InChI=1S/C19H38Si3/c1-18(2,3)15-13-16(21(7,8)9)20(19(4,5)6)17(14-15)22(10,11)12/h13-14H,1-12H3. The molecule has 0 saturated heterocycles. The van der Waals surface area contributed by atoms with Gasteiger partial charge in [-0.05, 0) is 16.0 Å². The van der Waals surface area contributed by atoms with E-state index in [0.717, 1.165) is 0 Å². The smallest absolute Gasteiger partial charge is 0.0722 e. The molecule has 1 rings (SSSR count). The second-order valence-electron chi connectivity index (χ2n) is 10.9. The Morgan fingerprint density at radius 3 is 1.18 bits per heavy atom. The van der Waals surface area contributed by atoms with E-state index in [9.17, 15) is 0 Å². The van der Waals surface area contributed by atoms with Crippen molar-refractivity contribution in [1.82, 2.24) is 0 Å². The van der Waals surface area contributed by atoms with Crippen molar-refractivity contribution < 1.29 is 0 Å². The Morgan fingerprint density at radius 1 is 0.682 bits per heavy atom. The fourth-order valence-electron chi connectivity index (χ4n) is 3.07. The van der Waals surface area contributed by atoms with Crippen LogP contribution in [0.5, 0.6) is 0 Å². The van der Waals surface area contributed by atoms with E-state index in [2.05, 4.69) is 93.0 Å². The van der Waals surface area contributed by atoms with Crippen molar-refractivity contribution in [2.24, 2.45) is 0 Å². The van der Waals surface area contributed by atoms with Crippen molar-refractivity contribution >= 4 is 34.1 Å². The molecule has 1 heterocycles. The van der Waals surface area contributed by atoms with Gasteiger partial charge in [-0.15, -0.1) is 0 Å². The maximum atomic E-state index is 2.63. The highest BCUT2D eigenvalue weighted by molar-refractivity contribution is 7.08. The summed E-state index contributed by atoms with van der Waals surface area (Å²) in [5.74, 6) is 0. The van der Waals surface area contributed by atoms with Crippen LogP contribution >= 0.6 is 0 Å². The van der Waals surface area contributed by atoms with Crippen LogP contribution in [0, 0.1) is 0 Å². The van der Waals surface area contributed by atoms with Gasteiger partial charge in [0.15, 0.2) is 0 Å². The summed E-state index contributed by atoms with van der Waals surface area (Å²) in [6.45, 7) is 29.8. The highest BCUT2D eigenvalue weighted by Crippen LogP contribution is 2.24. The van der Waals surface area contributed by atoms with Crippen LogP contribution in [-0.4, -0.2) is 24.5 Å². The second-order valence-corrected chi connectivity index (χ2v) is 25.4. The lowest BCUT2D eigenvalue weighted by Gasteiger charge is -2.37. The average molecular weight is 351 g/mol. The van der Waals surface area contributed by atoms with Gasteiger partial charge in [-0.2, -0.15) is 0 Å². The van der Waals surface area contributed by atoms with Crippen LogP contribution in [0.2, 0.25) is 39.3 Å². The molecule has 0 nitrogen and oxygen atoms in total. The van der Waals surface area contributed by atoms with Crippen LogP contribution < -0.4 is 9.60 Å². The number of hydrogen-bond acceptors (Lipinski definition) is 0. The van der Waals surface area contributed by atoms with Crippen molar-refractivity contribution in [3.63, 3.8) is 0 Å². The lowest BCUT2D eigenvalue weighted by molar-refractivity contribution is 0.591. The third-order valence-electron chi connectivity index (χ3n) is 4.37. The SMILES string of the molecule is CC(C)(C)c1cc([Si](C)(C)C)[si](C(C)(C)C)c([Si](C)(C)C)c1. The molecule has 0 atom stereocenters. The van der Waals surface area contributed by atoms with E-state index < -0.39 is 24.5 Å². The van der Waals surface area contributed by atoms with E-state index in [-0.39, 0.29) is 5.41 Å². The van der Waals surface area contributed by atoms with Crippen molar-refractivity contribution in [3.05, 3.63) is 17.7 Å². The zero-order chi connectivity index (χ0) is 17.7. The zero-order valence-corrected chi connectivity index (χ0v) is 20.2. The van der Waals surface area contributed by atoms with E-state index in [1.807, 2.05) is 9.60 Å². The fraction of sp³-hybridized carbons (Fsp3) is 0.737. The largest absolute Gasteiger partial charge is 0.0738 e. The van der Waals surface area contributed by atoms with Gasteiger partial charge in [0, 0.05) is 8.40 Å². The summed E-state index contributed by atoms with van der Waals surface area (Å²) in [6, 6.07) is 5.27. The van der Waals surface area contributed by atoms with Crippen molar-refractivity contribution in [1.29, 1.82) is 0 Å². The van der Waals surface area contributed by atoms with Gasteiger partial charge in [0.1, 0.15) is 0 Å². The molecule has 0 unspecified atom stereocenters. The molecule has 0 saturated carbocycles. The van der Waals surface area contributed by atoms with Crippen molar-refractivity contribution in [3.8, 4) is 0 Å². The molecule has 0 amide bonds. The molecule has 0 aromatic carbocycles. The molecule has 0 aliphatic rings. The Hall–Kier alpha value is 0.000649. The van der Waals surface area contributed by atoms with Crippen LogP contribution in [-0.2, 0) is 10.5 Å². The molecular formula is C19H38Si3. The average Bonchev–Trinajstić information content (AvgIpc) is 2.22. The number of rotatable bonds is 2. The third kappa shape index (κ3) is 4.51. The Kier molecular flexibility index (Phi) is 5.30. The van der Waals surface area contributed by atoms with Crippen molar-refractivity contribution in [2.75, 3.05) is 0 Å². The van der Waals surface area contributed by atoms with E-state index >= 15 is 0 Å². The normalized spacial score (nSPS) is 14.4. The Morgan fingerprint density at radius 2 is 1.00 bits per heavy atom. The topological polar surface area (TPSA) is 0 Å². The first-order chi connectivity index (χ1) is 9.45. The van der Waals surface area contributed by atoms with Gasteiger partial charge in [-0.3, -0.25) is 0 Å². The predicted molar refractivity (Wildman–Crippen MR) is 112 cm³/mol. The molecule has 1 aromatic rings. The summed E-state index contributed by atoms with van der Waals surface area (Å²) >= 11 is 0. The highest BCUT2D eigenvalue weighted by Gasteiger charge is 2.35. The summed E-state index contributed by atoms with van der Waals surface area (Å²) in [5.41, 5.74) is 1.82. The number of hydrogen-bond donors (Lipinski definition) is 0. The van der Waals surface area contributed by atoms with Gasteiger partial charge < -0.3 is 0 Å². The van der Waals surface area contributed by atoms with E-state index in [1.54, 1.807) is 5.56 Å². The lowest BCUT2D eigenvalue weighted by atomic mass is 9.88. The first kappa shape index (κ1) is 20.0. The molecule has 0 aliphatic heterocycles. The maximum absolute atomic E-state index is 2.63. The summed E-state index contributed by atoms with van der Waals surface area (Å²) in [7, 11) is -3.23. The van der Waals surface area contributed by atoms with Gasteiger partial charge in [-0.25, -0.2) is 0 Å². The van der Waals surface area contributed by atoms with Gasteiger partial charge >= 0.3 is 0 Å². The highest BCUT2D eigenvalue weighted by atomic mass is 28.4. The molecule has 22 heavy (non-hydrogen) atoms. The predicted octanol–water partition coefficient (Wildman–Crippen LogP) is 4.86. The van der Waals surface area contributed by atoms with Crippen LogP contribution in [0.3, 0.4) is 0 Å². The van der Waals surface area contributed by atoms with Gasteiger partial charge in [0.25, 0.3) is 0 Å². The molecule has 126 valence electrons. The molecule has 0 N–H and O–H groups in total. The Balaban J connectivity index is 3.96. The lowest BCUT2D eigenvalue weighted by Crippen LogP contribution is -2.60.